The number of thiocarbonyl (C=S) groups is 1. The van der Waals surface area contributed by atoms with Crippen LogP contribution in [0.15, 0.2) is 71.8 Å². The lowest BCUT2D eigenvalue weighted by Gasteiger charge is -2.25. The summed E-state index contributed by atoms with van der Waals surface area (Å²) >= 11 is 5.66. The molecule has 3 aromatic rings. The zero-order valence-electron chi connectivity index (χ0n) is 16.7. The molecule has 4 rings (SSSR count). The maximum absolute atomic E-state index is 10.3. The Bertz CT molecular complexity index is 1150. The summed E-state index contributed by atoms with van der Waals surface area (Å²) in [5.41, 5.74) is 2.75. The molecule has 8 heteroatoms. The number of aromatic hydroxyl groups is 3. The van der Waals surface area contributed by atoms with Gasteiger partial charge in [0.25, 0.3) is 0 Å². The Hall–Kier alpha value is -3.78. The first-order valence-electron chi connectivity index (χ1n) is 9.58. The summed E-state index contributed by atoms with van der Waals surface area (Å²) in [6.07, 6.45) is 0.469. The zero-order valence-corrected chi connectivity index (χ0v) is 17.5. The molecule has 1 aliphatic rings. The van der Waals surface area contributed by atoms with Crippen LogP contribution in [0.4, 0.5) is 5.69 Å². The molecule has 0 amide bonds. The van der Waals surface area contributed by atoms with E-state index in [2.05, 4.69) is 10.4 Å². The number of ether oxygens (including phenoxy) is 1. The average molecular weight is 436 g/mol. The highest BCUT2D eigenvalue weighted by molar-refractivity contribution is 7.80. The van der Waals surface area contributed by atoms with Crippen LogP contribution in [0.3, 0.4) is 0 Å². The Kier molecular flexibility index (Phi) is 5.64. The summed E-state index contributed by atoms with van der Waals surface area (Å²) in [6.45, 7) is 0. The van der Waals surface area contributed by atoms with Gasteiger partial charge in [-0.1, -0.05) is 24.3 Å². The predicted molar refractivity (Wildman–Crippen MR) is 123 cm³/mol. The highest BCUT2D eigenvalue weighted by Crippen LogP contribution is 2.37. The fraction of sp³-hybridized carbons (Fsp3) is 0.130. The molecule has 0 unspecified atom stereocenters. The van der Waals surface area contributed by atoms with Crippen LogP contribution < -0.4 is 10.1 Å². The molecule has 0 fully saturated rings. The maximum Gasteiger partial charge on any atom is 0.194 e. The monoisotopic (exact) mass is 435 g/mol. The minimum Gasteiger partial charge on any atom is -0.508 e. The standard InChI is InChI=1S/C23H21N3O4S/c1-30-22-5-3-2-4-18(22)24-23(31)26-20(14-6-8-15(27)9-7-14)13-19(25-26)17-11-10-16(28)12-21(17)29/h2-12,20,27-29H,13H2,1H3,(H,24,31)/t20-/m0/s1. The summed E-state index contributed by atoms with van der Waals surface area (Å²) in [7, 11) is 1.59. The largest absolute Gasteiger partial charge is 0.508 e. The van der Waals surface area contributed by atoms with Crippen LogP contribution in [-0.2, 0) is 0 Å². The number of nitrogens with one attached hydrogen (secondary N) is 1. The molecule has 0 radical (unpaired) electrons. The van der Waals surface area contributed by atoms with E-state index >= 15 is 0 Å². The molecule has 0 aliphatic carbocycles. The summed E-state index contributed by atoms with van der Waals surface area (Å²) in [4.78, 5) is 0. The molecule has 0 saturated carbocycles. The van der Waals surface area contributed by atoms with Crippen molar-refractivity contribution in [3.8, 4) is 23.0 Å². The topological polar surface area (TPSA) is 97.6 Å². The first-order chi connectivity index (χ1) is 15.0. The molecule has 7 nitrogen and oxygen atoms in total. The summed E-state index contributed by atoms with van der Waals surface area (Å²) in [5, 5.41) is 39.5. The number of methoxy groups -OCH3 is 1. The predicted octanol–water partition coefficient (Wildman–Crippen LogP) is 4.36. The maximum atomic E-state index is 10.3. The fourth-order valence-electron chi connectivity index (χ4n) is 3.50. The van der Waals surface area contributed by atoms with Crippen molar-refractivity contribution in [2.45, 2.75) is 12.5 Å². The van der Waals surface area contributed by atoms with Gasteiger partial charge in [0.05, 0.1) is 24.6 Å². The molecule has 0 saturated heterocycles. The van der Waals surface area contributed by atoms with Crippen LogP contribution in [0, 0.1) is 0 Å². The van der Waals surface area contributed by atoms with Crippen LogP contribution >= 0.6 is 12.2 Å². The Morgan fingerprint density at radius 2 is 1.74 bits per heavy atom. The van der Waals surface area contributed by atoms with Gasteiger partial charge in [0.1, 0.15) is 23.0 Å². The molecule has 0 spiro atoms. The number of hydrogen-bond donors (Lipinski definition) is 4. The molecule has 4 N–H and O–H groups in total. The van der Waals surface area contributed by atoms with Crippen LogP contribution in [0.25, 0.3) is 0 Å². The number of rotatable bonds is 4. The smallest absolute Gasteiger partial charge is 0.194 e. The zero-order chi connectivity index (χ0) is 22.0. The molecular weight excluding hydrogens is 414 g/mol. The second kappa shape index (κ2) is 8.53. The van der Waals surface area contributed by atoms with E-state index in [1.165, 1.54) is 12.1 Å². The van der Waals surface area contributed by atoms with Crippen molar-refractivity contribution >= 4 is 28.7 Å². The van der Waals surface area contributed by atoms with Crippen molar-refractivity contribution in [3.63, 3.8) is 0 Å². The fourth-order valence-corrected chi connectivity index (χ4v) is 3.78. The SMILES string of the molecule is COc1ccccc1NC(=S)N1N=C(c2ccc(O)cc2O)C[C@H]1c1ccc(O)cc1. The number of benzene rings is 3. The molecule has 1 heterocycles. The molecule has 158 valence electrons. The molecule has 3 aromatic carbocycles. The van der Waals surface area contributed by atoms with Gasteiger partial charge in [-0.2, -0.15) is 5.10 Å². The number of phenols is 3. The van der Waals surface area contributed by atoms with E-state index in [9.17, 15) is 15.3 Å². The summed E-state index contributed by atoms with van der Waals surface area (Å²) in [5.74, 6) is 0.722. The van der Waals surface area contributed by atoms with E-state index < -0.39 is 0 Å². The lowest BCUT2D eigenvalue weighted by molar-refractivity contribution is 0.374. The van der Waals surface area contributed by atoms with E-state index in [-0.39, 0.29) is 23.3 Å². The van der Waals surface area contributed by atoms with E-state index in [4.69, 9.17) is 17.0 Å². The van der Waals surface area contributed by atoms with Crippen molar-refractivity contribution in [2.24, 2.45) is 5.10 Å². The van der Waals surface area contributed by atoms with Gasteiger partial charge in [-0.3, -0.25) is 0 Å². The van der Waals surface area contributed by atoms with Crippen LogP contribution in [0.5, 0.6) is 23.0 Å². The van der Waals surface area contributed by atoms with Gasteiger partial charge < -0.3 is 25.4 Å². The van der Waals surface area contributed by atoms with Gasteiger partial charge in [0.2, 0.25) is 0 Å². The van der Waals surface area contributed by atoms with Crippen LogP contribution in [0.1, 0.15) is 23.6 Å². The van der Waals surface area contributed by atoms with E-state index in [0.29, 0.717) is 34.2 Å². The first kappa shape index (κ1) is 20.5. The van der Waals surface area contributed by atoms with Gasteiger partial charge in [-0.15, -0.1) is 0 Å². The number of anilines is 1. The summed E-state index contributed by atoms with van der Waals surface area (Å²) < 4.78 is 5.39. The second-order valence-corrected chi connectivity index (χ2v) is 7.42. The third-order valence-corrected chi connectivity index (χ3v) is 5.33. The molecule has 1 atom stereocenters. The van der Waals surface area contributed by atoms with Gasteiger partial charge in [0.15, 0.2) is 5.11 Å². The lowest BCUT2D eigenvalue weighted by atomic mass is 9.98. The van der Waals surface area contributed by atoms with Crippen LogP contribution in [-0.4, -0.2) is 38.3 Å². The quantitative estimate of drug-likeness (QED) is 0.452. The highest BCUT2D eigenvalue weighted by Gasteiger charge is 2.32. The third-order valence-electron chi connectivity index (χ3n) is 5.04. The Morgan fingerprint density at radius 1 is 1.03 bits per heavy atom. The minimum absolute atomic E-state index is 0.0276. The summed E-state index contributed by atoms with van der Waals surface area (Å²) in [6, 6.07) is 18.4. The molecular formula is C23H21N3O4S. The Labute approximate surface area is 184 Å². The third kappa shape index (κ3) is 4.24. The van der Waals surface area contributed by atoms with E-state index in [1.54, 1.807) is 30.3 Å². The first-order valence-corrected chi connectivity index (χ1v) is 9.99. The number of hydrazone groups is 1. The van der Waals surface area contributed by atoms with Crippen LogP contribution in [0.2, 0.25) is 0 Å². The van der Waals surface area contributed by atoms with Crippen molar-refractivity contribution in [1.29, 1.82) is 0 Å². The minimum atomic E-state index is -0.251. The molecule has 1 aliphatic heterocycles. The number of nitrogens with zero attached hydrogens (tertiary/aromatic N) is 2. The molecule has 31 heavy (non-hydrogen) atoms. The van der Waals surface area contributed by atoms with E-state index in [1.807, 2.05) is 36.4 Å². The second-order valence-electron chi connectivity index (χ2n) is 7.03. The lowest BCUT2D eigenvalue weighted by Crippen LogP contribution is -2.31. The van der Waals surface area contributed by atoms with Crippen molar-refractivity contribution in [2.75, 3.05) is 12.4 Å². The Balaban J connectivity index is 1.69. The van der Waals surface area contributed by atoms with Gasteiger partial charge in [-0.05, 0) is 54.2 Å². The molecule has 0 bridgehead atoms. The molecule has 0 aromatic heterocycles. The van der Waals surface area contributed by atoms with E-state index in [0.717, 1.165) is 5.56 Å². The number of para-hydroxylation sites is 2. The van der Waals surface area contributed by atoms with Crippen molar-refractivity contribution in [1.82, 2.24) is 5.01 Å². The number of hydrogen-bond acceptors (Lipinski definition) is 6. The normalized spacial score (nSPS) is 15.5. The van der Waals surface area contributed by atoms with Crippen molar-refractivity contribution in [3.05, 3.63) is 77.9 Å². The average Bonchev–Trinajstić information content (AvgIpc) is 3.20. The highest BCUT2D eigenvalue weighted by atomic mass is 32.1. The van der Waals surface area contributed by atoms with Gasteiger partial charge >= 0.3 is 0 Å². The number of phenolic OH excluding ortho intramolecular Hbond substituents is 3. The Morgan fingerprint density at radius 3 is 2.45 bits per heavy atom. The van der Waals surface area contributed by atoms with Gasteiger partial charge in [-0.25, -0.2) is 5.01 Å². The van der Waals surface area contributed by atoms with Crippen molar-refractivity contribution < 1.29 is 20.1 Å². The van der Waals surface area contributed by atoms with Gasteiger partial charge in [0, 0.05) is 18.1 Å².